The van der Waals surface area contributed by atoms with Gasteiger partial charge in [0.2, 0.25) is 0 Å². The Morgan fingerprint density at radius 3 is 2.67 bits per heavy atom. The lowest BCUT2D eigenvalue weighted by Crippen LogP contribution is -1.81. The van der Waals surface area contributed by atoms with Crippen LogP contribution in [0.2, 0.25) is 6.04 Å². The zero-order chi connectivity index (χ0) is 4.83. The first kappa shape index (κ1) is 5.67. The molecule has 0 radical (unpaired) electrons. The molecular formula is C3H7NOSi. The van der Waals surface area contributed by atoms with Crippen molar-refractivity contribution in [1.82, 2.24) is 0 Å². The van der Waals surface area contributed by atoms with E-state index in [1.807, 2.05) is 6.07 Å². The van der Waals surface area contributed by atoms with Crippen LogP contribution in [-0.2, 0) is 0 Å². The molecule has 0 aromatic carbocycles. The normalized spacial score (nSPS) is 9.33. The van der Waals surface area contributed by atoms with Gasteiger partial charge in [-0.2, -0.15) is 5.26 Å². The molecule has 0 aromatic rings. The third-order valence-electron chi connectivity index (χ3n) is 0.447. The maximum absolute atomic E-state index is 8.19. The summed E-state index contributed by atoms with van der Waals surface area (Å²) in [6.07, 6.45) is 0.530. The van der Waals surface area contributed by atoms with Gasteiger partial charge in [-0.05, 0) is 6.04 Å². The summed E-state index contributed by atoms with van der Waals surface area (Å²) < 4.78 is 0. The molecule has 0 aromatic heterocycles. The van der Waals surface area contributed by atoms with E-state index in [0.717, 1.165) is 6.04 Å². The van der Waals surface area contributed by atoms with Crippen LogP contribution in [0.4, 0.5) is 0 Å². The monoisotopic (exact) mass is 101 g/mol. The van der Waals surface area contributed by atoms with Crippen molar-refractivity contribution in [3.8, 4) is 6.07 Å². The standard InChI is InChI=1S/C3H7NOSi/c4-2-1-3-6-5/h5H,1,3,6H2. The minimum atomic E-state index is -0.820. The molecule has 0 aliphatic rings. The molecule has 0 rings (SSSR count). The first-order valence-corrected chi connectivity index (χ1v) is 3.53. The summed E-state index contributed by atoms with van der Waals surface area (Å²) in [6.45, 7) is 0. The Labute approximate surface area is 39.4 Å². The van der Waals surface area contributed by atoms with Crippen LogP contribution in [0.3, 0.4) is 0 Å². The van der Waals surface area contributed by atoms with Crippen molar-refractivity contribution >= 4 is 9.76 Å². The fourth-order valence-corrected chi connectivity index (χ4v) is 0.474. The predicted octanol–water partition coefficient (Wildman–Crippen LogP) is -0.606. The third kappa shape index (κ3) is 3.67. The quantitative estimate of drug-likeness (QED) is 0.372. The molecule has 0 bridgehead atoms. The van der Waals surface area contributed by atoms with Crippen LogP contribution in [0.5, 0.6) is 0 Å². The van der Waals surface area contributed by atoms with Gasteiger partial charge in [-0.25, -0.2) is 0 Å². The number of rotatable bonds is 2. The molecule has 0 aliphatic heterocycles. The summed E-state index contributed by atoms with van der Waals surface area (Å²) in [7, 11) is -0.820. The van der Waals surface area contributed by atoms with Crippen molar-refractivity contribution in [2.45, 2.75) is 12.5 Å². The van der Waals surface area contributed by atoms with Crippen molar-refractivity contribution in [2.75, 3.05) is 0 Å². The van der Waals surface area contributed by atoms with Crippen molar-refractivity contribution in [2.24, 2.45) is 0 Å². The van der Waals surface area contributed by atoms with Crippen molar-refractivity contribution < 1.29 is 4.80 Å². The van der Waals surface area contributed by atoms with E-state index in [-0.39, 0.29) is 0 Å². The van der Waals surface area contributed by atoms with Gasteiger partial charge in [0.15, 0.2) is 9.76 Å². The lowest BCUT2D eigenvalue weighted by Gasteiger charge is -1.75. The minimum Gasteiger partial charge on any atom is -0.438 e. The van der Waals surface area contributed by atoms with Gasteiger partial charge in [-0.1, -0.05) is 0 Å². The van der Waals surface area contributed by atoms with E-state index in [9.17, 15) is 0 Å². The van der Waals surface area contributed by atoms with Crippen LogP contribution in [0, 0.1) is 11.3 Å². The first-order valence-electron chi connectivity index (χ1n) is 1.89. The summed E-state index contributed by atoms with van der Waals surface area (Å²) in [5, 5.41) is 7.86. The van der Waals surface area contributed by atoms with Crippen molar-refractivity contribution in [3.63, 3.8) is 0 Å². The fourth-order valence-electron chi connectivity index (χ4n) is 0.158. The van der Waals surface area contributed by atoms with E-state index in [1.54, 1.807) is 0 Å². The van der Waals surface area contributed by atoms with Crippen LogP contribution in [0.1, 0.15) is 6.42 Å². The molecule has 1 N–H and O–H groups in total. The van der Waals surface area contributed by atoms with E-state index in [2.05, 4.69) is 0 Å². The van der Waals surface area contributed by atoms with Crippen LogP contribution in [-0.4, -0.2) is 14.6 Å². The van der Waals surface area contributed by atoms with Gasteiger partial charge >= 0.3 is 0 Å². The van der Waals surface area contributed by atoms with Crippen molar-refractivity contribution in [3.05, 3.63) is 0 Å². The molecule has 0 fully saturated rings. The molecule has 34 valence electrons. The van der Waals surface area contributed by atoms with Gasteiger partial charge in [-0.3, -0.25) is 0 Å². The highest BCUT2D eigenvalue weighted by atomic mass is 28.2. The van der Waals surface area contributed by atoms with Crippen molar-refractivity contribution in [1.29, 1.82) is 5.26 Å². The first-order chi connectivity index (χ1) is 2.91. The van der Waals surface area contributed by atoms with E-state index >= 15 is 0 Å². The number of hydrogen-bond donors (Lipinski definition) is 1. The van der Waals surface area contributed by atoms with Gasteiger partial charge in [0.25, 0.3) is 0 Å². The second-order valence-electron chi connectivity index (χ2n) is 0.985. The summed E-state index contributed by atoms with van der Waals surface area (Å²) in [5.41, 5.74) is 0. The smallest absolute Gasteiger partial charge is 0.157 e. The molecule has 0 saturated carbocycles. The van der Waals surface area contributed by atoms with Crippen LogP contribution in [0.25, 0.3) is 0 Å². The summed E-state index contributed by atoms with van der Waals surface area (Å²) in [6, 6.07) is 2.69. The maximum atomic E-state index is 8.19. The molecule has 2 nitrogen and oxygen atoms in total. The van der Waals surface area contributed by atoms with Gasteiger partial charge in [0.05, 0.1) is 6.07 Å². The zero-order valence-electron chi connectivity index (χ0n) is 3.52. The molecule has 6 heavy (non-hydrogen) atoms. The fraction of sp³-hybridized carbons (Fsp3) is 0.667. The number of nitriles is 1. The van der Waals surface area contributed by atoms with Gasteiger partial charge < -0.3 is 4.80 Å². The molecule has 0 spiro atoms. The summed E-state index contributed by atoms with van der Waals surface area (Å²) in [5.74, 6) is 0. The highest BCUT2D eigenvalue weighted by Crippen LogP contribution is 1.79. The second-order valence-corrected chi connectivity index (χ2v) is 2.14. The van der Waals surface area contributed by atoms with Crippen LogP contribution < -0.4 is 0 Å². The Morgan fingerprint density at radius 2 is 2.50 bits per heavy atom. The highest BCUT2D eigenvalue weighted by Gasteiger charge is 1.77. The Kier molecular flexibility index (Phi) is 4.41. The Bertz CT molecular complexity index is 58.3. The highest BCUT2D eigenvalue weighted by molar-refractivity contribution is 6.25. The maximum Gasteiger partial charge on any atom is 0.157 e. The Hall–Kier alpha value is -0.333. The molecule has 0 saturated heterocycles. The lowest BCUT2D eigenvalue weighted by atomic mass is 10.6. The molecule has 0 atom stereocenters. The Morgan fingerprint density at radius 1 is 1.83 bits per heavy atom. The Balaban J connectivity index is 2.54. The average molecular weight is 101 g/mol. The topological polar surface area (TPSA) is 44.0 Å². The van der Waals surface area contributed by atoms with E-state index in [1.165, 1.54) is 0 Å². The molecule has 0 amide bonds. The van der Waals surface area contributed by atoms with Crippen LogP contribution in [0.15, 0.2) is 0 Å². The zero-order valence-corrected chi connectivity index (χ0v) is 4.93. The van der Waals surface area contributed by atoms with E-state index in [4.69, 9.17) is 10.1 Å². The minimum absolute atomic E-state index is 0.530. The molecule has 3 heteroatoms. The van der Waals surface area contributed by atoms with Gasteiger partial charge in [0, 0.05) is 6.42 Å². The molecule has 0 aliphatic carbocycles. The molecule has 0 heterocycles. The predicted molar refractivity (Wildman–Crippen MR) is 25.8 cm³/mol. The van der Waals surface area contributed by atoms with E-state index in [0.29, 0.717) is 6.42 Å². The summed E-state index contributed by atoms with van der Waals surface area (Å²) in [4.78, 5) is 8.19. The number of hydrogen-bond acceptors (Lipinski definition) is 2. The lowest BCUT2D eigenvalue weighted by molar-refractivity contribution is 0.600. The second kappa shape index (κ2) is 4.67. The molecule has 0 unspecified atom stereocenters. The molecular weight excluding hydrogens is 94.1 g/mol. The SMILES string of the molecule is N#CCC[SiH2]O. The van der Waals surface area contributed by atoms with Gasteiger partial charge in [-0.15, -0.1) is 0 Å². The number of nitrogens with zero attached hydrogens (tertiary/aromatic N) is 1. The average Bonchev–Trinajstić information content (AvgIpc) is 1.61. The largest absolute Gasteiger partial charge is 0.438 e. The van der Waals surface area contributed by atoms with Crippen LogP contribution >= 0.6 is 0 Å². The summed E-state index contributed by atoms with van der Waals surface area (Å²) >= 11 is 0. The van der Waals surface area contributed by atoms with Gasteiger partial charge in [0.1, 0.15) is 0 Å². The van der Waals surface area contributed by atoms with E-state index < -0.39 is 9.76 Å². The third-order valence-corrected chi connectivity index (χ3v) is 1.12.